The molecule has 0 aliphatic carbocycles. The van der Waals surface area contributed by atoms with Crippen LogP contribution in [0.5, 0.6) is 0 Å². The highest BCUT2D eigenvalue weighted by Gasteiger charge is 2.29. The average molecular weight is 318 g/mol. The van der Waals surface area contributed by atoms with Crippen LogP contribution in [0.2, 0.25) is 0 Å². The van der Waals surface area contributed by atoms with E-state index in [-0.39, 0.29) is 17.9 Å². The minimum atomic E-state index is -0.0573. The van der Waals surface area contributed by atoms with E-state index >= 15 is 0 Å². The van der Waals surface area contributed by atoms with Gasteiger partial charge in [-0.3, -0.25) is 4.79 Å². The normalized spacial score (nSPS) is 15.3. The predicted octanol–water partition coefficient (Wildman–Crippen LogP) is 2.50. The molecule has 6 nitrogen and oxygen atoms in total. The number of nitrogens with zero attached hydrogens (tertiary/aromatic N) is 3. The van der Waals surface area contributed by atoms with Crippen LogP contribution in [-0.4, -0.2) is 52.9 Å². The molecule has 0 unspecified atom stereocenters. The van der Waals surface area contributed by atoms with Crippen LogP contribution < -0.4 is 5.32 Å². The fraction of sp³-hybridized carbons (Fsp3) is 0.588. The first-order valence-corrected chi connectivity index (χ1v) is 8.32. The number of urea groups is 1. The third kappa shape index (κ3) is 4.43. The zero-order valence-electron chi connectivity index (χ0n) is 14.2. The van der Waals surface area contributed by atoms with E-state index in [0.717, 1.165) is 18.7 Å². The van der Waals surface area contributed by atoms with E-state index in [2.05, 4.69) is 10.3 Å². The molecule has 1 N–H and O–H groups in total. The summed E-state index contributed by atoms with van der Waals surface area (Å²) in [5, 5.41) is 2.88. The lowest BCUT2D eigenvalue weighted by atomic mass is 9.96. The van der Waals surface area contributed by atoms with Crippen molar-refractivity contribution in [1.29, 1.82) is 0 Å². The first-order chi connectivity index (χ1) is 11.0. The summed E-state index contributed by atoms with van der Waals surface area (Å²) in [5.41, 5.74) is 1.06. The highest BCUT2D eigenvalue weighted by atomic mass is 16.2. The zero-order chi connectivity index (χ0) is 16.8. The smallest absolute Gasteiger partial charge is 0.319 e. The Hall–Kier alpha value is -2.11. The number of nitrogens with one attached hydrogen (secondary N) is 1. The Kier molecular flexibility index (Phi) is 5.96. The molecule has 1 aliphatic rings. The van der Waals surface area contributed by atoms with Crippen molar-refractivity contribution in [3.05, 3.63) is 23.9 Å². The van der Waals surface area contributed by atoms with E-state index in [1.165, 1.54) is 0 Å². The second-order valence-electron chi connectivity index (χ2n) is 5.92. The molecule has 1 aromatic heterocycles. The molecule has 0 aromatic carbocycles. The van der Waals surface area contributed by atoms with Gasteiger partial charge in [0, 0.05) is 38.3 Å². The Balaban J connectivity index is 1.86. The number of hydrogen-bond acceptors (Lipinski definition) is 3. The quantitative estimate of drug-likeness (QED) is 0.927. The van der Waals surface area contributed by atoms with Gasteiger partial charge in [-0.1, -0.05) is 0 Å². The summed E-state index contributed by atoms with van der Waals surface area (Å²) in [5.74, 6) is 0.535. The van der Waals surface area contributed by atoms with Gasteiger partial charge in [0.05, 0.1) is 0 Å². The van der Waals surface area contributed by atoms with Crippen molar-refractivity contribution in [2.75, 3.05) is 31.5 Å². The van der Waals surface area contributed by atoms with Crippen LogP contribution in [0.4, 0.5) is 10.6 Å². The molecule has 0 atom stereocenters. The van der Waals surface area contributed by atoms with E-state index < -0.39 is 0 Å². The summed E-state index contributed by atoms with van der Waals surface area (Å²) < 4.78 is 0. The number of carbonyl (C=O) groups is 2. The number of hydrogen-bond donors (Lipinski definition) is 1. The van der Waals surface area contributed by atoms with Crippen molar-refractivity contribution in [3.63, 3.8) is 0 Å². The third-order valence-electron chi connectivity index (χ3n) is 4.34. The summed E-state index contributed by atoms with van der Waals surface area (Å²) in [4.78, 5) is 32.5. The topological polar surface area (TPSA) is 65.5 Å². The molecule has 1 fully saturated rings. The highest BCUT2D eigenvalue weighted by Crippen LogP contribution is 2.20. The molecule has 1 saturated heterocycles. The molecular weight excluding hydrogens is 292 g/mol. The van der Waals surface area contributed by atoms with Gasteiger partial charge in [0.25, 0.3) is 0 Å². The summed E-state index contributed by atoms with van der Waals surface area (Å²) >= 11 is 0. The Labute approximate surface area is 137 Å². The lowest BCUT2D eigenvalue weighted by molar-refractivity contribution is -0.121. The molecule has 23 heavy (non-hydrogen) atoms. The number of anilines is 1. The molecule has 2 rings (SSSR count). The van der Waals surface area contributed by atoms with Gasteiger partial charge in [0.15, 0.2) is 0 Å². The van der Waals surface area contributed by atoms with E-state index in [4.69, 9.17) is 0 Å². The lowest BCUT2D eigenvalue weighted by Gasteiger charge is -2.34. The molecule has 0 saturated carbocycles. The van der Waals surface area contributed by atoms with Crippen molar-refractivity contribution in [2.45, 2.75) is 33.6 Å². The van der Waals surface area contributed by atoms with Crippen molar-refractivity contribution >= 4 is 17.8 Å². The molecule has 0 radical (unpaired) electrons. The molecule has 1 aromatic rings. The van der Waals surface area contributed by atoms with Crippen molar-refractivity contribution in [3.8, 4) is 0 Å². The van der Waals surface area contributed by atoms with Crippen LogP contribution in [-0.2, 0) is 4.79 Å². The maximum Gasteiger partial charge on any atom is 0.319 e. The minimum Gasteiger partial charge on any atom is -0.325 e. The van der Waals surface area contributed by atoms with Gasteiger partial charge < -0.3 is 15.1 Å². The second-order valence-corrected chi connectivity index (χ2v) is 5.92. The Bertz CT molecular complexity index is 549. The lowest BCUT2D eigenvalue weighted by Crippen LogP contribution is -2.47. The van der Waals surface area contributed by atoms with E-state index in [9.17, 15) is 9.59 Å². The van der Waals surface area contributed by atoms with Gasteiger partial charge in [0.1, 0.15) is 5.82 Å². The second kappa shape index (κ2) is 7.94. The van der Waals surface area contributed by atoms with Gasteiger partial charge in [-0.2, -0.15) is 0 Å². The van der Waals surface area contributed by atoms with Crippen molar-refractivity contribution in [1.82, 2.24) is 14.8 Å². The van der Waals surface area contributed by atoms with E-state index in [0.29, 0.717) is 31.7 Å². The summed E-state index contributed by atoms with van der Waals surface area (Å²) in [6.45, 7) is 8.63. The maximum atomic E-state index is 12.3. The summed E-state index contributed by atoms with van der Waals surface area (Å²) in [7, 11) is 0. The van der Waals surface area contributed by atoms with Crippen molar-refractivity contribution < 1.29 is 9.59 Å². The van der Waals surface area contributed by atoms with Gasteiger partial charge in [-0.15, -0.1) is 0 Å². The Morgan fingerprint density at radius 2 is 1.96 bits per heavy atom. The van der Waals surface area contributed by atoms with E-state index in [1.54, 1.807) is 6.20 Å². The first kappa shape index (κ1) is 17.2. The number of pyridine rings is 1. The van der Waals surface area contributed by atoms with Crippen LogP contribution in [0.15, 0.2) is 18.3 Å². The fourth-order valence-electron chi connectivity index (χ4n) is 2.86. The average Bonchev–Trinajstić information content (AvgIpc) is 2.56. The number of aryl methyl sites for hydroxylation is 1. The highest BCUT2D eigenvalue weighted by molar-refractivity contribution is 5.91. The summed E-state index contributed by atoms with van der Waals surface area (Å²) in [6, 6.07) is 3.83. The molecule has 0 spiro atoms. The Morgan fingerprint density at radius 1 is 1.30 bits per heavy atom. The van der Waals surface area contributed by atoms with Crippen molar-refractivity contribution in [2.24, 2.45) is 5.92 Å². The number of amides is 3. The molecule has 126 valence electrons. The van der Waals surface area contributed by atoms with Gasteiger partial charge in [-0.05, 0) is 51.3 Å². The number of rotatable bonds is 4. The number of piperidine rings is 1. The largest absolute Gasteiger partial charge is 0.325 e. The molecule has 6 heteroatoms. The van der Waals surface area contributed by atoms with Gasteiger partial charge in [-0.25, -0.2) is 9.78 Å². The molecule has 0 bridgehead atoms. The predicted molar refractivity (Wildman–Crippen MR) is 90.2 cm³/mol. The van der Waals surface area contributed by atoms with Crippen LogP contribution >= 0.6 is 0 Å². The van der Waals surface area contributed by atoms with Gasteiger partial charge >= 0.3 is 6.03 Å². The zero-order valence-corrected chi connectivity index (χ0v) is 14.2. The molecule has 3 amide bonds. The number of aromatic nitrogens is 1. The number of carbonyl (C=O) groups excluding carboxylic acids is 2. The monoisotopic (exact) mass is 318 g/mol. The van der Waals surface area contributed by atoms with Gasteiger partial charge in [0.2, 0.25) is 5.91 Å². The fourth-order valence-corrected chi connectivity index (χ4v) is 2.86. The Morgan fingerprint density at radius 3 is 2.52 bits per heavy atom. The number of likely N-dealkylation sites (tertiary alicyclic amines) is 1. The minimum absolute atomic E-state index is 0.00182. The first-order valence-electron chi connectivity index (χ1n) is 8.32. The van der Waals surface area contributed by atoms with Crippen LogP contribution in [0, 0.1) is 12.8 Å². The molecular formula is C17H26N4O2. The van der Waals surface area contributed by atoms with Crippen LogP contribution in [0.3, 0.4) is 0 Å². The maximum absolute atomic E-state index is 12.3. The SMILES string of the molecule is CCN(CC)C(=O)N1CCC(C(=O)Nc2cc(C)ccn2)CC1. The summed E-state index contributed by atoms with van der Waals surface area (Å²) in [6.07, 6.45) is 3.09. The molecule has 1 aliphatic heterocycles. The van der Waals surface area contributed by atoms with E-state index in [1.807, 2.05) is 42.7 Å². The standard InChI is InChI=1S/C17H26N4O2/c1-4-20(5-2)17(23)21-10-7-14(8-11-21)16(22)19-15-12-13(3)6-9-18-15/h6,9,12,14H,4-5,7-8,10-11H2,1-3H3,(H,18,19,22). The third-order valence-corrected chi connectivity index (χ3v) is 4.34. The molecule has 2 heterocycles. The van der Waals surface area contributed by atoms with Crippen LogP contribution in [0.25, 0.3) is 0 Å². The van der Waals surface area contributed by atoms with Crippen LogP contribution in [0.1, 0.15) is 32.3 Å².